The van der Waals surface area contributed by atoms with Gasteiger partial charge in [-0.1, -0.05) is 48.5 Å². The summed E-state index contributed by atoms with van der Waals surface area (Å²) in [6.45, 7) is 0. The molecule has 0 aliphatic heterocycles. The second kappa shape index (κ2) is 12.8. The van der Waals surface area contributed by atoms with Gasteiger partial charge >= 0.3 is 0 Å². The van der Waals surface area contributed by atoms with Crippen LogP contribution in [0.5, 0.6) is 57.5 Å². The van der Waals surface area contributed by atoms with E-state index in [1.165, 1.54) is 12.1 Å². The van der Waals surface area contributed by atoms with Crippen molar-refractivity contribution in [2.75, 3.05) is 0 Å². The van der Waals surface area contributed by atoms with Gasteiger partial charge in [0.1, 0.15) is 23.0 Å². The van der Waals surface area contributed by atoms with Crippen LogP contribution in [-0.2, 0) is 0 Å². The van der Waals surface area contributed by atoms with E-state index in [0.717, 1.165) is 0 Å². The van der Waals surface area contributed by atoms with E-state index in [-0.39, 0.29) is 11.5 Å². The summed E-state index contributed by atoms with van der Waals surface area (Å²) < 4.78 is 57.6. The van der Waals surface area contributed by atoms with Gasteiger partial charge in [-0.2, -0.15) is 0 Å². The number of rotatable bonds is 10. The average Bonchev–Trinajstić information content (AvgIpc) is 3.03. The molecule has 0 atom stereocenters. The van der Waals surface area contributed by atoms with Crippen molar-refractivity contribution in [2.24, 2.45) is 0 Å². The molecule has 0 aromatic heterocycles. The fourth-order valence-corrected chi connectivity index (χ4v) is 4.07. The van der Waals surface area contributed by atoms with Crippen LogP contribution in [0.2, 0.25) is 0 Å². The number of ether oxygens (including phenoxy) is 5. The van der Waals surface area contributed by atoms with Crippen LogP contribution in [-0.4, -0.2) is 0 Å². The summed E-state index contributed by atoms with van der Waals surface area (Å²) in [5, 5.41) is 0. The van der Waals surface area contributed by atoms with Gasteiger partial charge in [0.25, 0.3) is 0 Å². The summed E-state index contributed by atoms with van der Waals surface area (Å²) in [5.74, 6) is 3.25. The molecule has 0 saturated carbocycles. The molecule has 0 radical (unpaired) electrons. The van der Waals surface area contributed by atoms with Gasteiger partial charge in [-0.15, -0.1) is 0 Å². The molecule has 43 heavy (non-hydrogen) atoms. The Hall–Kier alpha value is -5.82. The first kappa shape index (κ1) is 27.4. The fourth-order valence-electron chi connectivity index (χ4n) is 4.07. The zero-order valence-corrected chi connectivity index (χ0v) is 22.7. The highest BCUT2D eigenvalue weighted by molar-refractivity contribution is 5.48. The Balaban J connectivity index is 1.09. The van der Waals surface area contributed by atoms with Gasteiger partial charge in [0.05, 0.1) is 0 Å². The molecule has 0 fully saturated rings. The quantitative estimate of drug-likeness (QED) is 0.163. The van der Waals surface area contributed by atoms with Crippen LogP contribution in [0.4, 0.5) is 8.78 Å². The second-order valence-electron chi connectivity index (χ2n) is 9.21. The van der Waals surface area contributed by atoms with Crippen molar-refractivity contribution in [2.45, 2.75) is 0 Å². The van der Waals surface area contributed by atoms with Gasteiger partial charge in [-0.05, 0) is 97.1 Å². The largest absolute Gasteiger partial charge is 0.457 e. The normalized spacial score (nSPS) is 10.6. The van der Waals surface area contributed by atoms with Gasteiger partial charge in [-0.3, -0.25) is 0 Å². The van der Waals surface area contributed by atoms with E-state index < -0.39 is 11.6 Å². The molecule has 6 rings (SSSR count). The molecule has 0 aliphatic rings. The molecule has 0 N–H and O–H groups in total. The zero-order valence-electron chi connectivity index (χ0n) is 22.7. The van der Waals surface area contributed by atoms with Crippen LogP contribution < -0.4 is 23.7 Å². The van der Waals surface area contributed by atoms with Gasteiger partial charge in [0.15, 0.2) is 46.1 Å². The Kier molecular flexibility index (Phi) is 8.13. The number of para-hydroxylation sites is 6. The lowest BCUT2D eigenvalue weighted by Crippen LogP contribution is -1.92. The first-order valence-corrected chi connectivity index (χ1v) is 13.4. The molecule has 0 aliphatic carbocycles. The van der Waals surface area contributed by atoms with Crippen molar-refractivity contribution in [1.29, 1.82) is 0 Å². The van der Waals surface area contributed by atoms with E-state index >= 15 is 0 Å². The van der Waals surface area contributed by atoms with Gasteiger partial charge < -0.3 is 23.7 Å². The fraction of sp³-hybridized carbons (Fsp3) is 0. The maximum absolute atomic E-state index is 14.1. The molecule has 0 heterocycles. The third-order valence-electron chi connectivity index (χ3n) is 6.15. The van der Waals surface area contributed by atoms with Crippen molar-refractivity contribution < 1.29 is 32.5 Å². The number of benzene rings is 6. The van der Waals surface area contributed by atoms with E-state index in [2.05, 4.69) is 0 Å². The zero-order chi connectivity index (χ0) is 29.4. The Bertz CT molecular complexity index is 1690. The summed E-state index contributed by atoms with van der Waals surface area (Å²) in [6, 6.07) is 40.6. The smallest absolute Gasteiger partial charge is 0.170 e. The topological polar surface area (TPSA) is 46.2 Å². The maximum atomic E-state index is 14.1. The van der Waals surface area contributed by atoms with E-state index in [1.807, 2.05) is 12.1 Å². The molecule has 5 nitrogen and oxygen atoms in total. The summed E-state index contributed by atoms with van der Waals surface area (Å²) >= 11 is 0. The van der Waals surface area contributed by atoms with E-state index in [1.54, 1.807) is 121 Å². The van der Waals surface area contributed by atoms with E-state index in [9.17, 15) is 8.78 Å². The predicted molar refractivity (Wildman–Crippen MR) is 159 cm³/mol. The molecule has 6 aromatic carbocycles. The lowest BCUT2D eigenvalue weighted by atomic mass is 10.3. The van der Waals surface area contributed by atoms with Crippen LogP contribution >= 0.6 is 0 Å². The van der Waals surface area contributed by atoms with Crippen LogP contribution in [0.3, 0.4) is 0 Å². The summed E-state index contributed by atoms with van der Waals surface area (Å²) in [5.41, 5.74) is 0. The molecular formula is C36H24F2O5. The standard InChI is InChI=1S/C36H24F2O5/c37-29-9-1-3-11-31(29)42-35-15-7-5-13-33(35)40-27-21-17-25(18-22-27)39-26-19-23-28(24-20-26)41-34-14-6-8-16-36(34)43-32-12-4-2-10-30(32)38/h1-24H. The Morgan fingerprint density at radius 2 is 0.512 bits per heavy atom. The number of hydrogen-bond donors (Lipinski definition) is 0. The highest BCUT2D eigenvalue weighted by Gasteiger charge is 2.12. The highest BCUT2D eigenvalue weighted by Crippen LogP contribution is 2.38. The molecule has 0 unspecified atom stereocenters. The third-order valence-corrected chi connectivity index (χ3v) is 6.15. The van der Waals surface area contributed by atoms with Gasteiger partial charge in [0.2, 0.25) is 0 Å². The number of halogens is 2. The Morgan fingerprint density at radius 1 is 0.256 bits per heavy atom. The molecule has 0 bridgehead atoms. The van der Waals surface area contributed by atoms with Crippen LogP contribution in [0.15, 0.2) is 146 Å². The van der Waals surface area contributed by atoms with E-state index in [0.29, 0.717) is 46.0 Å². The highest BCUT2D eigenvalue weighted by atomic mass is 19.1. The van der Waals surface area contributed by atoms with Crippen LogP contribution in [0, 0.1) is 11.6 Å². The Labute approximate surface area is 247 Å². The lowest BCUT2D eigenvalue weighted by Gasteiger charge is -2.13. The van der Waals surface area contributed by atoms with Crippen molar-refractivity contribution in [3.63, 3.8) is 0 Å². The van der Waals surface area contributed by atoms with Crippen molar-refractivity contribution in [1.82, 2.24) is 0 Å². The maximum Gasteiger partial charge on any atom is 0.170 e. The minimum absolute atomic E-state index is 0.110. The van der Waals surface area contributed by atoms with Crippen LogP contribution in [0.1, 0.15) is 0 Å². The molecule has 6 aromatic rings. The molecule has 0 spiro atoms. The second-order valence-corrected chi connectivity index (χ2v) is 9.21. The van der Waals surface area contributed by atoms with E-state index in [4.69, 9.17) is 23.7 Å². The summed E-state index contributed by atoms with van der Waals surface area (Å²) in [6.07, 6.45) is 0. The molecule has 7 heteroatoms. The average molecular weight is 575 g/mol. The molecule has 212 valence electrons. The molecular weight excluding hydrogens is 550 g/mol. The Morgan fingerprint density at radius 3 is 0.837 bits per heavy atom. The first-order chi connectivity index (χ1) is 21.1. The number of hydrogen-bond acceptors (Lipinski definition) is 5. The van der Waals surface area contributed by atoms with Gasteiger partial charge in [-0.25, -0.2) is 8.78 Å². The predicted octanol–water partition coefficient (Wildman–Crippen LogP) is 10.9. The van der Waals surface area contributed by atoms with Gasteiger partial charge in [0, 0.05) is 0 Å². The van der Waals surface area contributed by atoms with Crippen molar-refractivity contribution in [3.8, 4) is 57.5 Å². The van der Waals surface area contributed by atoms with Crippen molar-refractivity contribution >= 4 is 0 Å². The van der Waals surface area contributed by atoms with Crippen molar-refractivity contribution in [3.05, 3.63) is 157 Å². The summed E-state index contributed by atoms with van der Waals surface area (Å²) in [4.78, 5) is 0. The lowest BCUT2D eigenvalue weighted by molar-refractivity contribution is 0.401. The molecule has 0 amide bonds. The first-order valence-electron chi connectivity index (χ1n) is 13.4. The minimum atomic E-state index is -0.461. The monoisotopic (exact) mass is 574 g/mol. The summed E-state index contributed by atoms with van der Waals surface area (Å²) in [7, 11) is 0. The minimum Gasteiger partial charge on any atom is -0.457 e. The third kappa shape index (κ3) is 6.92. The molecule has 0 saturated heterocycles. The van der Waals surface area contributed by atoms with Crippen LogP contribution in [0.25, 0.3) is 0 Å². The SMILES string of the molecule is Fc1ccccc1Oc1ccccc1Oc1ccc(Oc2ccc(Oc3ccccc3Oc3ccccc3F)cc2)cc1.